The minimum Gasteiger partial charge on any atom is -0.395 e. The third-order valence-electron chi connectivity index (χ3n) is 4.88. The van der Waals surface area contributed by atoms with Gasteiger partial charge >= 0.3 is 0 Å². The molecule has 0 saturated carbocycles. The summed E-state index contributed by atoms with van der Waals surface area (Å²) in [6.07, 6.45) is 5.58. The van der Waals surface area contributed by atoms with Gasteiger partial charge in [-0.15, -0.1) is 5.10 Å². The Morgan fingerprint density at radius 3 is 2.91 bits per heavy atom. The van der Waals surface area contributed by atoms with Gasteiger partial charge in [-0.25, -0.2) is 4.68 Å². The largest absolute Gasteiger partial charge is 0.395 e. The fourth-order valence-electron chi connectivity index (χ4n) is 3.75. The number of aliphatic hydroxyl groups is 1. The molecule has 2 saturated heterocycles. The van der Waals surface area contributed by atoms with Gasteiger partial charge in [0.15, 0.2) is 0 Å². The molecule has 8 heteroatoms. The lowest BCUT2D eigenvalue weighted by Gasteiger charge is -2.39. The van der Waals surface area contributed by atoms with E-state index in [0.717, 1.165) is 58.4 Å². The van der Waals surface area contributed by atoms with Gasteiger partial charge in [-0.2, -0.15) is 0 Å². The molecule has 1 atom stereocenters. The quantitative estimate of drug-likeness (QED) is 0.753. The second-order valence-electron chi connectivity index (χ2n) is 6.35. The summed E-state index contributed by atoms with van der Waals surface area (Å²) in [5.74, 6) is 0.246. The number of piperidine rings is 1. The molecule has 3 rings (SSSR count). The van der Waals surface area contributed by atoms with Crippen molar-refractivity contribution in [1.82, 2.24) is 30.0 Å². The molecule has 1 aromatic heterocycles. The van der Waals surface area contributed by atoms with Crippen molar-refractivity contribution in [2.24, 2.45) is 5.41 Å². The molecule has 22 heavy (non-hydrogen) atoms. The molecule has 1 aromatic rings. The molecular weight excluding hydrogens is 284 g/mol. The van der Waals surface area contributed by atoms with Crippen LogP contribution in [0.2, 0.25) is 0 Å². The zero-order valence-electron chi connectivity index (χ0n) is 12.9. The second-order valence-corrected chi connectivity index (χ2v) is 6.35. The lowest BCUT2D eigenvalue weighted by Crippen LogP contribution is -2.50. The second kappa shape index (κ2) is 6.70. The van der Waals surface area contributed by atoms with Gasteiger partial charge in [0.1, 0.15) is 6.33 Å². The third-order valence-corrected chi connectivity index (χ3v) is 4.88. The highest BCUT2D eigenvalue weighted by molar-refractivity contribution is 5.84. The summed E-state index contributed by atoms with van der Waals surface area (Å²) in [7, 11) is 0. The molecule has 122 valence electrons. The van der Waals surface area contributed by atoms with E-state index in [1.165, 1.54) is 0 Å². The lowest BCUT2D eigenvalue weighted by molar-refractivity contribution is -0.146. The maximum Gasteiger partial charge on any atom is 0.230 e. The van der Waals surface area contributed by atoms with Crippen LogP contribution < -0.4 is 0 Å². The van der Waals surface area contributed by atoms with Crippen molar-refractivity contribution in [3.05, 3.63) is 6.33 Å². The zero-order valence-corrected chi connectivity index (χ0v) is 12.9. The average Bonchev–Trinajstić information content (AvgIpc) is 3.16. The van der Waals surface area contributed by atoms with E-state index in [0.29, 0.717) is 6.54 Å². The number of hydrogen-bond donors (Lipinski definition) is 1. The fraction of sp³-hybridized carbons (Fsp3) is 0.857. The van der Waals surface area contributed by atoms with Crippen LogP contribution in [0.5, 0.6) is 0 Å². The van der Waals surface area contributed by atoms with Gasteiger partial charge in [0.25, 0.3) is 0 Å². The van der Waals surface area contributed by atoms with Gasteiger partial charge in [0.05, 0.1) is 12.0 Å². The normalized spacial score (nSPS) is 26.2. The van der Waals surface area contributed by atoms with Crippen LogP contribution in [0.1, 0.15) is 25.7 Å². The highest BCUT2D eigenvalue weighted by Crippen LogP contribution is 2.39. The predicted octanol–water partition coefficient (Wildman–Crippen LogP) is -0.630. The van der Waals surface area contributed by atoms with E-state index in [-0.39, 0.29) is 17.9 Å². The van der Waals surface area contributed by atoms with E-state index in [2.05, 4.69) is 20.4 Å². The Morgan fingerprint density at radius 1 is 1.23 bits per heavy atom. The van der Waals surface area contributed by atoms with Crippen molar-refractivity contribution in [1.29, 1.82) is 0 Å². The molecule has 1 N–H and O–H groups in total. The third kappa shape index (κ3) is 3.12. The van der Waals surface area contributed by atoms with Crippen LogP contribution in [0.4, 0.5) is 0 Å². The standard InChI is InChI=1S/C14H24N6O2/c21-10-9-19-6-1-3-14(13(19)22)4-8-18(11-14)5-2-7-20-12-15-16-17-20/h12,21H,1-11H2/t14-/m1/s1. The molecule has 2 fully saturated rings. The van der Waals surface area contributed by atoms with Crippen molar-refractivity contribution in [2.75, 3.05) is 39.3 Å². The molecule has 0 aromatic carbocycles. The SMILES string of the molecule is O=C1N(CCO)CCC[C@]12CCN(CCCn1cnnn1)C2. The van der Waals surface area contributed by atoms with E-state index >= 15 is 0 Å². The number of tetrazole rings is 1. The van der Waals surface area contributed by atoms with Gasteiger partial charge in [-0.3, -0.25) is 4.79 Å². The number of aromatic nitrogens is 4. The number of β-amino-alcohol motifs (C(OH)–C–C–N with tert-alkyl or cyclic N) is 1. The maximum atomic E-state index is 12.7. The molecule has 0 unspecified atom stereocenters. The van der Waals surface area contributed by atoms with Crippen molar-refractivity contribution < 1.29 is 9.90 Å². The molecule has 2 aliphatic heterocycles. The van der Waals surface area contributed by atoms with Gasteiger partial charge in [0, 0.05) is 26.2 Å². The van der Waals surface area contributed by atoms with E-state index < -0.39 is 0 Å². The predicted molar refractivity (Wildman–Crippen MR) is 78.8 cm³/mol. The van der Waals surface area contributed by atoms with Crippen LogP contribution in [0.15, 0.2) is 6.33 Å². The van der Waals surface area contributed by atoms with Crippen LogP contribution in [-0.4, -0.2) is 80.4 Å². The highest BCUT2D eigenvalue weighted by Gasteiger charge is 2.47. The lowest BCUT2D eigenvalue weighted by atomic mass is 9.78. The molecule has 0 aliphatic carbocycles. The molecule has 1 amide bonds. The van der Waals surface area contributed by atoms with Crippen molar-refractivity contribution in [3.8, 4) is 0 Å². The number of aliphatic hydroxyl groups excluding tert-OH is 1. The van der Waals surface area contributed by atoms with Crippen LogP contribution in [0, 0.1) is 5.41 Å². The van der Waals surface area contributed by atoms with Crippen LogP contribution >= 0.6 is 0 Å². The number of carbonyl (C=O) groups is 1. The number of likely N-dealkylation sites (tertiary alicyclic amines) is 2. The molecule has 2 aliphatic rings. The minimum atomic E-state index is -0.206. The van der Waals surface area contributed by atoms with Crippen LogP contribution in [-0.2, 0) is 11.3 Å². The molecule has 3 heterocycles. The average molecular weight is 308 g/mol. The first-order valence-corrected chi connectivity index (χ1v) is 8.07. The number of carbonyl (C=O) groups excluding carboxylic acids is 1. The summed E-state index contributed by atoms with van der Waals surface area (Å²) in [4.78, 5) is 16.9. The molecule has 1 spiro atoms. The minimum absolute atomic E-state index is 0.0531. The van der Waals surface area contributed by atoms with Crippen molar-refractivity contribution >= 4 is 5.91 Å². The molecular formula is C14H24N6O2. The van der Waals surface area contributed by atoms with Gasteiger partial charge < -0.3 is 14.9 Å². The molecule has 0 radical (unpaired) electrons. The Bertz CT molecular complexity index is 492. The Balaban J connectivity index is 1.51. The first-order chi connectivity index (χ1) is 10.7. The van der Waals surface area contributed by atoms with Crippen LogP contribution in [0.3, 0.4) is 0 Å². The summed E-state index contributed by atoms with van der Waals surface area (Å²) >= 11 is 0. The number of aryl methyl sites for hydroxylation is 1. The van der Waals surface area contributed by atoms with Gasteiger partial charge in [-0.1, -0.05) is 0 Å². The Kier molecular flexibility index (Phi) is 4.68. The van der Waals surface area contributed by atoms with Gasteiger partial charge in [0.2, 0.25) is 5.91 Å². The topological polar surface area (TPSA) is 87.4 Å². The summed E-state index contributed by atoms with van der Waals surface area (Å²) in [6, 6.07) is 0. The number of hydrogen-bond acceptors (Lipinski definition) is 6. The maximum absolute atomic E-state index is 12.7. The van der Waals surface area contributed by atoms with E-state index in [1.807, 2.05) is 4.90 Å². The van der Waals surface area contributed by atoms with E-state index in [9.17, 15) is 4.79 Å². The first-order valence-electron chi connectivity index (χ1n) is 8.07. The monoisotopic (exact) mass is 308 g/mol. The number of nitrogens with zero attached hydrogens (tertiary/aromatic N) is 6. The van der Waals surface area contributed by atoms with Gasteiger partial charge in [-0.05, 0) is 49.2 Å². The summed E-state index contributed by atoms with van der Waals surface area (Å²) in [6.45, 7) is 4.92. The van der Waals surface area contributed by atoms with E-state index in [1.54, 1.807) is 11.0 Å². The van der Waals surface area contributed by atoms with Crippen molar-refractivity contribution in [2.45, 2.75) is 32.2 Å². The van der Waals surface area contributed by atoms with E-state index in [4.69, 9.17) is 5.11 Å². The smallest absolute Gasteiger partial charge is 0.230 e. The Hall–Kier alpha value is -1.54. The molecule has 0 bridgehead atoms. The first kappa shape index (κ1) is 15.4. The zero-order chi connectivity index (χ0) is 15.4. The summed E-state index contributed by atoms with van der Waals surface area (Å²) < 4.78 is 1.74. The fourth-order valence-corrected chi connectivity index (χ4v) is 3.75. The number of amides is 1. The summed E-state index contributed by atoms with van der Waals surface area (Å²) in [5, 5.41) is 20.2. The Morgan fingerprint density at radius 2 is 2.14 bits per heavy atom. The number of rotatable bonds is 6. The van der Waals surface area contributed by atoms with Crippen LogP contribution in [0.25, 0.3) is 0 Å². The summed E-state index contributed by atoms with van der Waals surface area (Å²) in [5.41, 5.74) is -0.206. The van der Waals surface area contributed by atoms with Crippen molar-refractivity contribution in [3.63, 3.8) is 0 Å². The highest BCUT2D eigenvalue weighted by atomic mass is 16.3. The molecule has 8 nitrogen and oxygen atoms in total. The Labute approximate surface area is 130 Å².